The topological polar surface area (TPSA) is 29.5 Å². The first-order valence-corrected chi connectivity index (χ1v) is 6.90. The van der Waals surface area contributed by atoms with Crippen molar-refractivity contribution < 1.29 is 9.84 Å². The predicted octanol–water partition coefficient (Wildman–Crippen LogP) is 4.86. The minimum atomic E-state index is 0.206. The summed E-state index contributed by atoms with van der Waals surface area (Å²) in [6.07, 6.45) is 0. The third-order valence-corrected chi connectivity index (χ3v) is 4.02. The van der Waals surface area contributed by atoms with Crippen molar-refractivity contribution in [2.24, 2.45) is 0 Å². The Morgan fingerprint density at radius 3 is 1.95 bits per heavy atom. The van der Waals surface area contributed by atoms with Gasteiger partial charge in [0, 0.05) is 10.8 Å². The van der Waals surface area contributed by atoms with Gasteiger partial charge in [-0.2, -0.15) is 0 Å². The largest absolute Gasteiger partial charge is 0.504 e. The fourth-order valence-electron chi connectivity index (χ4n) is 3.03. The standard InChI is InChI=1S/C19H14O2/c1-21-19-15-9-5-4-8-14(15)16-10-12-6-2-3-7-13(12)11-17(16)18(19)20/h2-11,20H,1H3. The molecule has 1 N–H and O–H groups in total. The van der Waals surface area contributed by atoms with Crippen LogP contribution in [-0.2, 0) is 0 Å². The maximum Gasteiger partial charge on any atom is 0.168 e. The zero-order chi connectivity index (χ0) is 14.4. The number of rotatable bonds is 1. The van der Waals surface area contributed by atoms with Crippen molar-refractivity contribution in [2.75, 3.05) is 7.11 Å². The molecule has 0 aliphatic carbocycles. The summed E-state index contributed by atoms with van der Waals surface area (Å²) in [6.45, 7) is 0. The van der Waals surface area contributed by atoms with Crippen LogP contribution in [0.15, 0.2) is 60.7 Å². The molecule has 0 aliphatic heterocycles. The summed E-state index contributed by atoms with van der Waals surface area (Å²) < 4.78 is 5.43. The Labute approximate surface area is 122 Å². The number of hydrogen-bond donors (Lipinski definition) is 1. The van der Waals surface area contributed by atoms with Crippen LogP contribution in [0.5, 0.6) is 11.5 Å². The van der Waals surface area contributed by atoms with Gasteiger partial charge in [-0.25, -0.2) is 0 Å². The van der Waals surface area contributed by atoms with Gasteiger partial charge in [0.1, 0.15) is 0 Å². The third kappa shape index (κ3) is 1.66. The van der Waals surface area contributed by atoms with Crippen molar-refractivity contribution in [3.63, 3.8) is 0 Å². The normalized spacial score (nSPS) is 11.3. The Balaban J connectivity index is 2.31. The zero-order valence-corrected chi connectivity index (χ0v) is 11.6. The highest BCUT2D eigenvalue weighted by atomic mass is 16.5. The number of fused-ring (bicyclic) bond motifs is 4. The molecule has 0 radical (unpaired) electrons. The summed E-state index contributed by atoms with van der Waals surface area (Å²) in [6, 6.07) is 20.3. The third-order valence-electron chi connectivity index (χ3n) is 4.02. The van der Waals surface area contributed by atoms with Crippen LogP contribution in [-0.4, -0.2) is 12.2 Å². The summed E-state index contributed by atoms with van der Waals surface area (Å²) >= 11 is 0. The van der Waals surface area contributed by atoms with E-state index < -0.39 is 0 Å². The highest BCUT2D eigenvalue weighted by Crippen LogP contribution is 2.43. The van der Waals surface area contributed by atoms with Crippen LogP contribution in [0.3, 0.4) is 0 Å². The summed E-state index contributed by atoms with van der Waals surface area (Å²) in [4.78, 5) is 0. The van der Waals surface area contributed by atoms with Crippen LogP contribution in [0.2, 0.25) is 0 Å². The number of phenols is 1. The highest BCUT2D eigenvalue weighted by molar-refractivity contribution is 6.17. The van der Waals surface area contributed by atoms with E-state index in [2.05, 4.69) is 24.3 Å². The molecule has 2 nitrogen and oxygen atoms in total. The van der Waals surface area contributed by atoms with Crippen molar-refractivity contribution in [1.29, 1.82) is 0 Å². The molecule has 0 saturated carbocycles. The van der Waals surface area contributed by atoms with E-state index in [9.17, 15) is 5.11 Å². The second-order valence-electron chi connectivity index (χ2n) is 5.17. The van der Waals surface area contributed by atoms with Crippen molar-refractivity contribution in [2.45, 2.75) is 0 Å². The van der Waals surface area contributed by atoms with Gasteiger partial charge >= 0.3 is 0 Å². The lowest BCUT2D eigenvalue weighted by molar-refractivity contribution is 0.381. The number of hydrogen-bond acceptors (Lipinski definition) is 2. The van der Waals surface area contributed by atoms with E-state index in [1.54, 1.807) is 7.11 Å². The van der Waals surface area contributed by atoms with E-state index in [4.69, 9.17) is 4.74 Å². The lowest BCUT2D eigenvalue weighted by Crippen LogP contribution is -1.88. The second-order valence-corrected chi connectivity index (χ2v) is 5.17. The van der Waals surface area contributed by atoms with Crippen molar-refractivity contribution in [1.82, 2.24) is 0 Å². The van der Waals surface area contributed by atoms with Gasteiger partial charge < -0.3 is 9.84 Å². The SMILES string of the molecule is COc1c(O)c2cc3ccccc3cc2c2ccccc12. The molecule has 0 spiro atoms. The number of aromatic hydroxyl groups is 1. The molecule has 0 atom stereocenters. The van der Waals surface area contributed by atoms with Gasteiger partial charge in [-0.15, -0.1) is 0 Å². The van der Waals surface area contributed by atoms with E-state index in [1.165, 1.54) is 5.39 Å². The number of ether oxygens (including phenoxy) is 1. The molecule has 102 valence electrons. The lowest BCUT2D eigenvalue weighted by atomic mass is 9.97. The Bertz CT molecular complexity index is 987. The number of phenolic OH excluding ortho intramolecular Hbond substituents is 1. The maximum absolute atomic E-state index is 10.6. The molecular weight excluding hydrogens is 260 g/mol. The Morgan fingerprint density at radius 2 is 1.29 bits per heavy atom. The second kappa shape index (κ2) is 4.38. The quantitative estimate of drug-likeness (QED) is 0.397. The molecule has 21 heavy (non-hydrogen) atoms. The van der Waals surface area contributed by atoms with Crippen molar-refractivity contribution in [3.05, 3.63) is 60.7 Å². The first kappa shape index (κ1) is 12.0. The highest BCUT2D eigenvalue weighted by Gasteiger charge is 2.14. The summed E-state index contributed by atoms with van der Waals surface area (Å²) in [5.74, 6) is 0.741. The fraction of sp³-hybridized carbons (Fsp3) is 0.0526. The van der Waals surface area contributed by atoms with Gasteiger partial charge in [-0.05, 0) is 33.7 Å². The molecule has 0 heterocycles. The molecule has 0 saturated heterocycles. The first-order chi connectivity index (χ1) is 10.3. The molecule has 0 aromatic heterocycles. The minimum absolute atomic E-state index is 0.206. The van der Waals surface area contributed by atoms with Crippen LogP contribution in [0.1, 0.15) is 0 Å². The first-order valence-electron chi connectivity index (χ1n) is 6.90. The molecule has 0 fully saturated rings. The summed E-state index contributed by atoms with van der Waals surface area (Å²) in [5, 5.41) is 16.7. The minimum Gasteiger partial charge on any atom is -0.504 e. The van der Waals surface area contributed by atoms with Crippen LogP contribution < -0.4 is 4.74 Å². The Kier molecular flexibility index (Phi) is 2.51. The van der Waals surface area contributed by atoms with E-state index in [0.29, 0.717) is 5.75 Å². The molecule has 0 aliphatic rings. The Morgan fingerprint density at radius 1 is 0.714 bits per heavy atom. The lowest BCUT2D eigenvalue weighted by Gasteiger charge is -2.13. The average molecular weight is 274 g/mol. The van der Waals surface area contributed by atoms with Gasteiger partial charge in [-0.3, -0.25) is 0 Å². The monoisotopic (exact) mass is 274 g/mol. The van der Waals surface area contributed by atoms with E-state index >= 15 is 0 Å². The van der Waals surface area contributed by atoms with Crippen molar-refractivity contribution in [3.8, 4) is 11.5 Å². The summed E-state index contributed by atoms with van der Waals surface area (Å²) in [7, 11) is 1.59. The molecule has 0 amide bonds. The van der Waals surface area contributed by atoms with Crippen LogP contribution in [0.25, 0.3) is 32.3 Å². The maximum atomic E-state index is 10.6. The van der Waals surface area contributed by atoms with Gasteiger partial charge in [0.15, 0.2) is 11.5 Å². The molecule has 0 unspecified atom stereocenters. The van der Waals surface area contributed by atoms with Gasteiger partial charge in [0.2, 0.25) is 0 Å². The van der Waals surface area contributed by atoms with E-state index in [0.717, 1.165) is 26.9 Å². The van der Waals surface area contributed by atoms with Crippen LogP contribution in [0.4, 0.5) is 0 Å². The number of methoxy groups -OCH3 is 1. The molecule has 0 bridgehead atoms. The van der Waals surface area contributed by atoms with E-state index in [-0.39, 0.29) is 5.75 Å². The van der Waals surface area contributed by atoms with Crippen LogP contribution in [0, 0.1) is 0 Å². The molecule has 4 aromatic rings. The molecule has 4 rings (SSSR count). The molecule has 2 heteroatoms. The predicted molar refractivity (Wildman–Crippen MR) is 87.2 cm³/mol. The van der Waals surface area contributed by atoms with Gasteiger partial charge in [-0.1, -0.05) is 48.5 Å². The van der Waals surface area contributed by atoms with Gasteiger partial charge in [0.05, 0.1) is 7.11 Å². The Hall–Kier alpha value is -2.74. The molecular formula is C19H14O2. The van der Waals surface area contributed by atoms with Crippen molar-refractivity contribution >= 4 is 32.3 Å². The number of benzene rings is 4. The fourth-order valence-corrected chi connectivity index (χ4v) is 3.03. The molecule has 4 aromatic carbocycles. The van der Waals surface area contributed by atoms with Crippen LogP contribution >= 0.6 is 0 Å². The summed E-state index contributed by atoms with van der Waals surface area (Å²) in [5.41, 5.74) is 0. The van der Waals surface area contributed by atoms with E-state index in [1.807, 2.05) is 36.4 Å². The van der Waals surface area contributed by atoms with Gasteiger partial charge in [0.25, 0.3) is 0 Å². The smallest absolute Gasteiger partial charge is 0.168 e. The zero-order valence-electron chi connectivity index (χ0n) is 11.6. The average Bonchev–Trinajstić information content (AvgIpc) is 2.54.